The zero-order chi connectivity index (χ0) is 24.7. The first kappa shape index (κ1) is 25.2. The Morgan fingerprint density at radius 3 is 2.09 bits per heavy atom. The van der Waals surface area contributed by atoms with Crippen LogP contribution < -0.4 is 29.6 Å². The van der Waals surface area contributed by atoms with Gasteiger partial charge in [-0.1, -0.05) is 13.8 Å². The van der Waals surface area contributed by atoms with Crippen LogP contribution in [0.3, 0.4) is 0 Å². The zero-order valence-electron chi connectivity index (χ0n) is 20.5. The molecule has 184 valence electrons. The Kier molecular flexibility index (Phi) is 8.62. The van der Waals surface area contributed by atoms with Crippen LogP contribution in [0, 0.1) is 5.92 Å². The molecule has 0 aromatic heterocycles. The number of anilines is 1. The largest absolute Gasteiger partial charge is 0.497 e. The SMILES string of the molecule is COc1cc(OC)cc(C(=O)NC(C(=O)Nc2ccc(OC)c(OC3CCCC3)c2)C(C)C)c1. The summed E-state index contributed by atoms with van der Waals surface area (Å²) in [6, 6.07) is 9.41. The van der Waals surface area contributed by atoms with E-state index in [1.165, 1.54) is 14.2 Å². The molecule has 34 heavy (non-hydrogen) atoms. The summed E-state index contributed by atoms with van der Waals surface area (Å²) in [6.07, 6.45) is 4.48. The number of methoxy groups -OCH3 is 3. The Labute approximate surface area is 200 Å². The van der Waals surface area contributed by atoms with Gasteiger partial charge in [0.1, 0.15) is 17.5 Å². The molecule has 8 nitrogen and oxygen atoms in total. The van der Waals surface area contributed by atoms with Gasteiger partial charge in [-0.2, -0.15) is 0 Å². The lowest BCUT2D eigenvalue weighted by Gasteiger charge is -2.23. The highest BCUT2D eigenvalue weighted by Crippen LogP contribution is 2.34. The number of amides is 2. The second kappa shape index (κ2) is 11.6. The van der Waals surface area contributed by atoms with Gasteiger partial charge >= 0.3 is 0 Å². The summed E-state index contributed by atoms with van der Waals surface area (Å²) in [5.41, 5.74) is 0.910. The monoisotopic (exact) mass is 470 g/mol. The molecular formula is C26H34N2O6. The molecular weight excluding hydrogens is 436 g/mol. The van der Waals surface area contributed by atoms with Crippen molar-refractivity contribution in [1.82, 2.24) is 5.32 Å². The molecule has 2 aromatic rings. The van der Waals surface area contributed by atoms with Crippen LogP contribution in [0.2, 0.25) is 0 Å². The highest BCUT2D eigenvalue weighted by molar-refractivity contribution is 6.01. The molecule has 1 aliphatic rings. The molecule has 3 rings (SSSR count). The first-order valence-corrected chi connectivity index (χ1v) is 11.5. The van der Waals surface area contributed by atoms with Crippen molar-refractivity contribution in [1.29, 1.82) is 0 Å². The molecule has 8 heteroatoms. The molecule has 0 saturated heterocycles. The minimum Gasteiger partial charge on any atom is -0.497 e. The fourth-order valence-corrected chi connectivity index (χ4v) is 3.95. The Balaban J connectivity index is 1.74. The maximum atomic E-state index is 13.1. The number of nitrogens with one attached hydrogen (secondary N) is 2. The summed E-state index contributed by atoms with van der Waals surface area (Å²) < 4.78 is 22.0. The first-order valence-electron chi connectivity index (χ1n) is 11.5. The van der Waals surface area contributed by atoms with Crippen molar-refractivity contribution in [2.75, 3.05) is 26.6 Å². The van der Waals surface area contributed by atoms with Crippen molar-refractivity contribution < 1.29 is 28.5 Å². The maximum Gasteiger partial charge on any atom is 0.252 e. The number of hydrogen-bond donors (Lipinski definition) is 2. The van der Waals surface area contributed by atoms with E-state index in [1.807, 2.05) is 13.8 Å². The topological polar surface area (TPSA) is 95.1 Å². The molecule has 2 amide bonds. The van der Waals surface area contributed by atoms with Gasteiger partial charge in [0.05, 0.1) is 27.4 Å². The summed E-state index contributed by atoms with van der Waals surface area (Å²) in [5.74, 6) is 1.32. The van der Waals surface area contributed by atoms with E-state index in [9.17, 15) is 9.59 Å². The molecule has 1 fully saturated rings. The van der Waals surface area contributed by atoms with E-state index in [4.69, 9.17) is 18.9 Å². The van der Waals surface area contributed by atoms with Gasteiger partial charge in [0.2, 0.25) is 5.91 Å². The van der Waals surface area contributed by atoms with Crippen LogP contribution in [0.1, 0.15) is 49.9 Å². The van der Waals surface area contributed by atoms with Crippen molar-refractivity contribution in [3.8, 4) is 23.0 Å². The Bertz CT molecular complexity index is 979. The number of hydrogen-bond acceptors (Lipinski definition) is 6. The van der Waals surface area contributed by atoms with E-state index in [-0.39, 0.29) is 17.9 Å². The van der Waals surface area contributed by atoms with Crippen molar-refractivity contribution in [3.63, 3.8) is 0 Å². The maximum absolute atomic E-state index is 13.1. The van der Waals surface area contributed by atoms with Crippen LogP contribution in [0.5, 0.6) is 23.0 Å². The lowest BCUT2D eigenvalue weighted by Crippen LogP contribution is -2.47. The van der Waals surface area contributed by atoms with E-state index in [2.05, 4.69) is 10.6 Å². The van der Waals surface area contributed by atoms with E-state index < -0.39 is 11.9 Å². The summed E-state index contributed by atoms with van der Waals surface area (Å²) in [4.78, 5) is 26.1. The summed E-state index contributed by atoms with van der Waals surface area (Å²) >= 11 is 0. The molecule has 2 N–H and O–H groups in total. The van der Waals surface area contributed by atoms with Crippen molar-refractivity contribution >= 4 is 17.5 Å². The predicted octanol–water partition coefficient (Wildman–Crippen LogP) is 4.43. The van der Waals surface area contributed by atoms with Crippen molar-refractivity contribution in [2.45, 2.75) is 51.7 Å². The molecule has 0 spiro atoms. The second-order valence-corrected chi connectivity index (χ2v) is 8.68. The fraction of sp³-hybridized carbons (Fsp3) is 0.462. The molecule has 1 aliphatic carbocycles. The van der Waals surface area contributed by atoms with E-state index in [0.29, 0.717) is 34.2 Å². The average molecular weight is 471 g/mol. The minimum atomic E-state index is -0.758. The van der Waals surface area contributed by atoms with Gasteiger partial charge in [-0.3, -0.25) is 9.59 Å². The summed E-state index contributed by atoms with van der Waals surface area (Å²) in [7, 11) is 4.62. The number of rotatable bonds is 10. The third kappa shape index (κ3) is 6.34. The number of ether oxygens (including phenoxy) is 4. The molecule has 2 aromatic carbocycles. The Hall–Kier alpha value is -3.42. The Morgan fingerprint density at radius 2 is 1.53 bits per heavy atom. The lowest BCUT2D eigenvalue weighted by atomic mass is 10.0. The molecule has 0 radical (unpaired) electrons. The minimum absolute atomic E-state index is 0.149. The highest BCUT2D eigenvalue weighted by Gasteiger charge is 2.26. The predicted molar refractivity (Wildman–Crippen MR) is 130 cm³/mol. The van der Waals surface area contributed by atoms with E-state index in [0.717, 1.165) is 25.7 Å². The molecule has 1 unspecified atom stereocenters. The number of carbonyl (C=O) groups is 2. The molecule has 1 atom stereocenters. The van der Waals surface area contributed by atoms with Crippen LogP contribution in [0.25, 0.3) is 0 Å². The third-order valence-corrected chi connectivity index (χ3v) is 5.88. The van der Waals surface area contributed by atoms with Gasteiger partial charge in [-0.25, -0.2) is 0 Å². The van der Waals surface area contributed by atoms with Gasteiger partial charge in [-0.15, -0.1) is 0 Å². The van der Waals surface area contributed by atoms with Crippen molar-refractivity contribution in [2.24, 2.45) is 5.92 Å². The third-order valence-electron chi connectivity index (χ3n) is 5.88. The van der Waals surface area contributed by atoms with Gasteiger partial charge < -0.3 is 29.6 Å². The fourth-order valence-electron chi connectivity index (χ4n) is 3.95. The highest BCUT2D eigenvalue weighted by atomic mass is 16.5. The molecule has 0 bridgehead atoms. The Morgan fingerprint density at radius 1 is 0.882 bits per heavy atom. The van der Waals surface area contributed by atoms with Crippen LogP contribution in [-0.4, -0.2) is 45.3 Å². The zero-order valence-corrected chi connectivity index (χ0v) is 20.5. The summed E-state index contributed by atoms with van der Waals surface area (Å²) in [6.45, 7) is 3.75. The standard InChI is InChI=1S/C26H34N2O6/c1-16(2)24(28-25(29)17-12-20(31-3)15-21(13-17)32-4)26(30)27-18-10-11-22(33-5)23(14-18)34-19-8-6-7-9-19/h10-16,19,24H,6-9H2,1-5H3,(H,27,30)(H,28,29). The molecule has 0 heterocycles. The molecule has 0 aliphatic heterocycles. The smallest absolute Gasteiger partial charge is 0.252 e. The van der Waals surface area contributed by atoms with Crippen molar-refractivity contribution in [3.05, 3.63) is 42.0 Å². The van der Waals surface area contributed by atoms with Crippen LogP contribution in [0.4, 0.5) is 5.69 Å². The van der Waals surface area contributed by atoms with E-state index >= 15 is 0 Å². The van der Waals surface area contributed by atoms with Gasteiger partial charge in [0, 0.05) is 23.4 Å². The normalized spacial score (nSPS) is 14.4. The second-order valence-electron chi connectivity index (χ2n) is 8.68. The van der Waals surface area contributed by atoms with Gasteiger partial charge in [-0.05, 0) is 55.9 Å². The van der Waals surface area contributed by atoms with Gasteiger partial charge in [0.25, 0.3) is 5.91 Å². The quantitative estimate of drug-likeness (QED) is 0.534. The van der Waals surface area contributed by atoms with Gasteiger partial charge in [0.15, 0.2) is 11.5 Å². The van der Waals surface area contributed by atoms with Crippen LogP contribution in [-0.2, 0) is 4.79 Å². The summed E-state index contributed by atoms with van der Waals surface area (Å²) in [5, 5.41) is 5.74. The average Bonchev–Trinajstić information content (AvgIpc) is 3.35. The van der Waals surface area contributed by atoms with E-state index in [1.54, 1.807) is 43.5 Å². The van der Waals surface area contributed by atoms with Crippen LogP contribution in [0.15, 0.2) is 36.4 Å². The molecule has 1 saturated carbocycles. The lowest BCUT2D eigenvalue weighted by molar-refractivity contribution is -0.118. The number of carbonyl (C=O) groups excluding carboxylic acids is 2. The number of benzene rings is 2. The first-order chi connectivity index (χ1) is 16.3. The van der Waals surface area contributed by atoms with Crippen LogP contribution >= 0.6 is 0 Å².